The van der Waals surface area contributed by atoms with E-state index in [0.29, 0.717) is 23.2 Å². The van der Waals surface area contributed by atoms with Crippen LogP contribution in [0, 0.1) is 0 Å². The molecule has 0 radical (unpaired) electrons. The molecule has 0 bridgehead atoms. The second kappa shape index (κ2) is 8.66. The summed E-state index contributed by atoms with van der Waals surface area (Å²) < 4.78 is 1.81. The zero-order chi connectivity index (χ0) is 20.4. The fourth-order valence-electron chi connectivity index (χ4n) is 3.26. The first-order valence-corrected chi connectivity index (χ1v) is 11.5. The number of rotatable bonds is 6. The molecule has 0 aliphatic carbocycles. The maximum absolute atomic E-state index is 13.3. The lowest BCUT2D eigenvalue weighted by Gasteiger charge is -2.20. The van der Waals surface area contributed by atoms with Crippen molar-refractivity contribution in [2.75, 3.05) is 4.90 Å². The summed E-state index contributed by atoms with van der Waals surface area (Å²) in [5, 5.41) is 0.740. The van der Waals surface area contributed by atoms with Crippen molar-refractivity contribution in [2.45, 2.75) is 32.7 Å². The molecule has 0 unspecified atom stereocenters. The van der Waals surface area contributed by atoms with Gasteiger partial charge in [-0.25, -0.2) is 4.98 Å². The molecule has 0 N–H and O–H groups in total. The Labute approximate surface area is 183 Å². The minimum atomic E-state index is 0.0255. The molecular weight excluding hydrogens is 420 g/mol. The molecule has 0 spiro atoms. The minimum Gasteiger partial charge on any atom is -0.283 e. The van der Waals surface area contributed by atoms with Gasteiger partial charge in [-0.15, -0.1) is 11.3 Å². The third-order valence-electron chi connectivity index (χ3n) is 4.73. The van der Waals surface area contributed by atoms with E-state index in [2.05, 4.69) is 32.0 Å². The molecule has 3 nitrogen and oxygen atoms in total. The Hall–Kier alpha value is -2.21. The first-order valence-electron chi connectivity index (χ1n) is 9.49. The van der Waals surface area contributed by atoms with Gasteiger partial charge in [0, 0.05) is 4.88 Å². The number of hydrogen-bond acceptors (Lipinski definition) is 4. The van der Waals surface area contributed by atoms with E-state index in [1.54, 1.807) is 16.2 Å². The number of hydrogen-bond donors (Lipinski definition) is 0. The van der Waals surface area contributed by atoms with Crippen LogP contribution in [0.2, 0.25) is 4.34 Å². The largest absolute Gasteiger partial charge is 0.283 e. The highest BCUT2D eigenvalue weighted by Crippen LogP contribution is 2.34. The molecule has 2 aromatic heterocycles. The summed E-state index contributed by atoms with van der Waals surface area (Å²) in [6.07, 6.45) is 0.317. The van der Waals surface area contributed by atoms with E-state index in [1.807, 2.05) is 42.5 Å². The second-order valence-corrected chi connectivity index (χ2v) is 10.0. The summed E-state index contributed by atoms with van der Waals surface area (Å²) >= 11 is 9.07. The van der Waals surface area contributed by atoms with Gasteiger partial charge in [0.25, 0.3) is 0 Å². The number of nitrogens with zero attached hydrogens (tertiary/aromatic N) is 2. The first kappa shape index (κ1) is 20.1. The number of thiazole rings is 1. The van der Waals surface area contributed by atoms with E-state index in [1.165, 1.54) is 16.9 Å². The Bertz CT molecular complexity index is 1130. The number of thiophene rings is 1. The van der Waals surface area contributed by atoms with Crippen molar-refractivity contribution in [2.24, 2.45) is 0 Å². The summed E-state index contributed by atoms with van der Waals surface area (Å²) in [6, 6.07) is 20.1. The number of benzene rings is 2. The molecule has 2 heterocycles. The smallest absolute Gasteiger partial charge is 0.234 e. The highest BCUT2D eigenvalue weighted by atomic mass is 35.5. The zero-order valence-corrected chi connectivity index (χ0v) is 18.7. The average molecular weight is 441 g/mol. The monoisotopic (exact) mass is 440 g/mol. The van der Waals surface area contributed by atoms with Gasteiger partial charge in [-0.05, 0) is 35.2 Å². The van der Waals surface area contributed by atoms with Gasteiger partial charge in [0.2, 0.25) is 5.91 Å². The summed E-state index contributed by atoms with van der Waals surface area (Å²) in [4.78, 5) is 20.9. The molecule has 0 aliphatic heterocycles. The number of carbonyl (C=O) groups excluding carboxylic acids is 1. The molecule has 4 rings (SSSR count). The van der Waals surface area contributed by atoms with Crippen molar-refractivity contribution in [3.63, 3.8) is 0 Å². The highest BCUT2D eigenvalue weighted by Gasteiger charge is 2.22. The van der Waals surface area contributed by atoms with Crippen LogP contribution in [0.4, 0.5) is 5.13 Å². The van der Waals surface area contributed by atoms with E-state index < -0.39 is 0 Å². The maximum Gasteiger partial charge on any atom is 0.234 e. The number of para-hydroxylation sites is 1. The average Bonchev–Trinajstić information content (AvgIpc) is 3.32. The van der Waals surface area contributed by atoms with Crippen LogP contribution in [-0.2, 0) is 17.8 Å². The number of aromatic nitrogens is 1. The summed E-state index contributed by atoms with van der Waals surface area (Å²) in [6.45, 7) is 4.83. The predicted octanol–water partition coefficient (Wildman–Crippen LogP) is 6.91. The van der Waals surface area contributed by atoms with Gasteiger partial charge >= 0.3 is 0 Å². The highest BCUT2D eigenvalue weighted by molar-refractivity contribution is 7.22. The Balaban J connectivity index is 1.72. The van der Waals surface area contributed by atoms with Crippen LogP contribution in [0.3, 0.4) is 0 Å². The molecular formula is C23H21ClN2OS2. The molecule has 0 atom stereocenters. The Kier molecular flexibility index (Phi) is 5.99. The molecule has 2 aromatic carbocycles. The van der Waals surface area contributed by atoms with Gasteiger partial charge < -0.3 is 0 Å². The van der Waals surface area contributed by atoms with Crippen LogP contribution in [0.15, 0.2) is 60.7 Å². The fourth-order valence-corrected chi connectivity index (χ4v) is 5.35. The summed E-state index contributed by atoms with van der Waals surface area (Å²) in [7, 11) is 0. The van der Waals surface area contributed by atoms with Gasteiger partial charge in [-0.2, -0.15) is 0 Å². The lowest BCUT2D eigenvalue weighted by atomic mass is 10.0. The van der Waals surface area contributed by atoms with E-state index in [9.17, 15) is 4.79 Å². The van der Waals surface area contributed by atoms with Crippen molar-refractivity contribution in [3.8, 4) is 0 Å². The normalized spacial score (nSPS) is 11.3. The number of fused-ring (bicyclic) bond motifs is 1. The Morgan fingerprint density at radius 3 is 2.52 bits per heavy atom. The quantitative estimate of drug-likeness (QED) is 0.326. The minimum absolute atomic E-state index is 0.0255. The van der Waals surface area contributed by atoms with E-state index in [0.717, 1.165) is 25.8 Å². The topological polar surface area (TPSA) is 33.2 Å². The summed E-state index contributed by atoms with van der Waals surface area (Å²) in [5.41, 5.74) is 3.28. The summed E-state index contributed by atoms with van der Waals surface area (Å²) in [5.74, 6) is 0.401. The molecule has 4 aromatic rings. The third-order valence-corrected chi connectivity index (χ3v) is 7.01. The van der Waals surface area contributed by atoms with Gasteiger partial charge in [0.1, 0.15) is 0 Å². The molecule has 1 amide bonds. The molecule has 148 valence electrons. The van der Waals surface area contributed by atoms with E-state index >= 15 is 0 Å². The van der Waals surface area contributed by atoms with Crippen molar-refractivity contribution in [3.05, 3.63) is 81.0 Å². The van der Waals surface area contributed by atoms with Crippen molar-refractivity contribution < 1.29 is 4.79 Å². The number of anilines is 1. The number of amides is 1. The van der Waals surface area contributed by atoms with Crippen LogP contribution in [0.1, 0.15) is 35.8 Å². The molecule has 29 heavy (non-hydrogen) atoms. The van der Waals surface area contributed by atoms with Gasteiger partial charge in [0.05, 0.1) is 27.5 Å². The molecule has 0 saturated carbocycles. The van der Waals surface area contributed by atoms with Crippen LogP contribution >= 0.6 is 34.3 Å². The van der Waals surface area contributed by atoms with E-state index in [-0.39, 0.29) is 5.91 Å². The van der Waals surface area contributed by atoms with Crippen molar-refractivity contribution in [1.29, 1.82) is 0 Å². The molecule has 6 heteroatoms. The molecule has 0 saturated heterocycles. The van der Waals surface area contributed by atoms with Gasteiger partial charge in [-0.1, -0.05) is 79.2 Å². The van der Waals surface area contributed by atoms with E-state index in [4.69, 9.17) is 16.6 Å². The van der Waals surface area contributed by atoms with Crippen LogP contribution in [0.25, 0.3) is 10.2 Å². The van der Waals surface area contributed by atoms with Gasteiger partial charge in [-0.3, -0.25) is 9.69 Å². The number of halogens is 1. The second-order valence-electron chi connectivity index (χ2n) is 7.19. The third kappa shape index (κ3) is 4.53. The maximum atomic E-state index is 13.3. The van der Waals surface area contributed by atoms with Gasteiger partial charge in [0.15, 0.2) is 5.13 Å². The number of carbonyl (C=O) groups is 1. The van der Waals surface area contributed by atoms with Crippen LogP contribution in [0.5, 0.6) is 0 Å². The molecule has 0 aliphatic rings. The zero-order valence-electron chi connectivity index (χ0n) is 16.3. The van der Waals surface area contributed by atoms with Crippen molar-refractivity contribution >= 4 is 55.5 Å². The van der Waals surface area contributed by atoms with Crippen LogP contribution < -0.4 is 4.90 Å². The fraction of sp³-hybridized carbons (Fsp3) is 0.217. The lowest BCUT2D eigenvalue weighted by Crippen LogP contribution is -2.31. The van der Waals surface area contributed by atoms with Crippen molar-refractivity contribution in [1.82, 2.24) is 4.98 Å². The predicted molar refractivity (Wildman–Crippen MR) is 124 cm³/mol. The Morgan fingerprint density at radius 2 is 1.83 bits per heavy atom. The Morgan fingerprint density at radius 1 is 1.03 bits per heavy atom. The SMILES string of the molecule is CC(C)c1cccc2sc(N(Cc3ccccc3)C(=O)Cc3ccc(Cl)s3)nc12. The standard InChI is InChI=1S/C23H21ClN2OS2/c1-15(2)18-9-6-10-19-22(18)25-23(29-19)26(14-16-7-4-3-5-8-16)21(27)13-17-11-12-20(24)28-17/h3-12,15H,13-14H2,1-2H3. The molecule has 0 fully saturated rings. The first-order chi connectivity index (χ1) is 14.0. The van der Waals surface area contributed by atoms with Crippen LogP contribution in [-0.4, -0.2) is 10.9 Å². The lowest BCUT2D eigenvalue weighted by molar-refractivity contribution is -0.118.